The third-order valence-corrected chi connectivity index (χ3v) is 11.3. The van der Waals surface area contributed by atoms with Crippen molar-refractivity contribution in [2.24, 2.45) is 0 Å². The van der Waals surface area contributed by atoms with Crippen LogP contribution >= 0.6 is 23.2 Å². The molecular weight excluding hydrogens is 819 g/mol. The second kappa shape index (κ2) is 16.7. The number of carbonyl (C=O) groups excluding carboxylic acids is 3. The van der Waals surface area contributed by atoms with Crippen LogP contribution < -0.4 is 21.3 Å². The van der Waals surface area contributed by atoms with Gasteiger partial charge in [0.2, 0.25) is 10.6 Å². The third-order valence-electron chi connectivity index (χ3n) is 10.9. The fraction of sp³-hybridized carbons (Fsp3) is 0.618. The zero-order valence-corrected chi connectivity index (χ0v) is 33.4. The number of hydrogen-bond acceptors (Lipinski definition) is 17. The summed E-state index contributed by atoms with van der Waals surface area (Å²) in [7, 11) is 0. The number of anilines is 2. The summed E-state index contributed by atoms with van der Waals surface area (Å²) in [5.41, 5.74) is 1.12. The summed E-state index contributed by atoms with van der Waals surface area (Å²) in [6.45, 7) is 5.91. The van der Waals surface area contributed by atoms with E-state index >= 15 is 0 Å². The molecule has 8 rings (SSSR count). The number of likely N-dealkylation sites (N-methyl/N-ethyl adjacent to an activating group) is 2. The zero-order valence-electron chi connectivity index (χ0n) is 31.9. The smallest absolute Gasteiger partial charge is 0.320 e. The van der Waals surface area contributed by atoms with Crippen LogP contribution in [0.25, 0.3) is 22.3 Å². The van der Waals surface area contributed by atoms with Crippen molar-refractivity contribution in [3.8, 4) is 0 Å². The maximum absolute atomic E-state index is 13.7. The summed E-state index contributed by atoms with van der Waals surface area (Å²) in [5.74, 6) is -0.448. The van der Waals surface area contributed by atoms with Gasteiger partial charge in [0, 0.05) is 51.4 Å². The minimum atomic E-state index is -1.48. The largest absolute Gasteiger partial charge is 0.387 e. The van der Waals surface area contributed by atoms with E-state index in [-0.39, 0.29) is 40.0 Å². The Labute approximate surface area is 345 Å². The molecule has 8 N–H and O–H groups in total. The molecule has 0 bridgehead atoms. The molecule has 59 heavy (non-hydrogen) atoms. The average Bonchev–Trinajstić information content (AvgIpc) is 4.05. The minimum Gasteiger partial charge on any atom is -0.387 e. The van der Waals surface area contributed by atoms with Gasteiger partial charge in [-0.05, 0) is 56.3 Å². The molecule has 8 heterocycles. The Morgan fingerprint density at radius 3 is 1.59 bits per heavy atom. The van der Waals surface area contributed by atoms with E-state index in [1.165, 1.54) is 21.8 Å². The molecule has 4 aliphatic rings. The Morgan fingerprint density at radius 1 is 0.678 bits per heavy atom. The molecule has 23 nitrogen and oxygen atoms in total. The predicted octanol–water partition coefficient (Wildman–Crippen LogP) is -1.03. The number of likely N-dealkylation sites (tertiary alicyclic amines) is 2. The maximum atomic E-state index is 13.7. The van der Waals surface area contributed by atoms with Crippen LogP contribution in [0.1, 0.15) is 45.6 Å². The van der Waals surface area contributed by atoms with Gasteiger partial charge in [0.05, 0.1) is 12.7 Å². The van der Waals surface area contributed by atoms with E-state index in [2.05, 4.69) is 51.2 Å². The van der Waals surface area contributed by atoms with Gasteiger partial charge in [0.25, 0.3) is 11.8 Å². The average molecular weight is 864 g/mol. The minimum absolute atomic E-state index is 0.0910. The van der Waals surface area contributed by atoms with Crippen molar-refractivity contribution >= 4 is 75.0 Å². The molecule has 4 amide bonds. The van der Waals surface area contributed by atoms with Gasteiger partial charge in [-0.15, -0.1) is 0 Å². The van der Waals surface area contributed by atoms with Gasteiger partial charge in [-0.3, -0.25) is 18.7 Å². The van der Waals surface area contributed by atoms with Gasteiger partial charge >= 0.3 is 6.03 Å². The van der Waals surface area contributed by atoms with Crippen molar-refractivity contribution in [1.29, 1.82) is 0 Å². The molecule has 4 aromatic rings. The molecule has 25 heteroatoms. The molecule has 0 radical (unpaired) electrons. The summed E-state index contributed by atoms with van der Waals surface area (Å²) in [5, 5.41) is 54.3. The Hall–Kier alpha value is -4.75. The Morgan fingerprint density at radius 2 is 1.12 bits per heavy atom. The molecule has 4 aliphatic heterocycles. The van der Waals surface area contributed by atoms with Crippen LogP contribution in [0.4, 0.5) is 16.4 Å². The summed E-state index contributed by atoms with van der Waals surface area (Å²) >= 11 is 12.6. The van der Waals surface area contributed by atoms with E-state index < -0.39 is 60.9 Å². The van der Waals surface area contributed by atoms with Crippen LogP contribution in [0.3, 0.4) is 0 Å². The SMILES string of the molecule is CCNC(=O)[C@H]1O[C@@H](n2cnc3c(NC4CCN(C(=O)N5CC[C@@H](Nc6nc(Cl)nc7c6ncn7[C@@H]6O[C@H](C(=O)NCC)[C@@H](O)[C@H]6O)C5)CC4)nc(Cl)nc32)[C@H](O)[C@@H]1O. The number of aliphatic hydroxyl groups is 4. The lowest BCUT2D eigenvalue weighted by atomic mass is 10.1. The van der Waals surface area contributed by atoms with Gasteiger partial charge in [-0.25, -0.2) is 14.8 Å². The highest BCUT2D eigenvalue weighted by atomic mass is 35.5. The number of hydrogen-bond donors (Lipinski definition) is 8. The molecule has 0 aromatic carbocycles. The van der Waals surface area contributed by atoms with Crippen molar-refractivity contribution in [2.45, 2.75) is 94.3 Å². The molecule has 0 saturated carbocycles. The summed E-state index contributed by atoms with van der Waals surface area (Å²) in [6, 6.07) is -0.394. The van der Waals surface area contributed by atoms with Crippen LogP contribution in [0.15, 0.2) is 12.7 Å². The fourth-order valence-electron chi connectivity index (χ4n) is 7.97. The van der Waals surface area contributed by atoms with Crippen molar-refractivity contribution in [2.75, 3.05) is 49.9 Å². The first-order valence-electron chi connectivity index (χ1n) is 19.3. The van der Waals surface area contributed by atoms with Crippen LogP contribution in [0, 0.1) is 0 Å². The predicted molar refractivity (Wildman–Crippen MR) is 207 cm³/mol. The standard InChI is InChI=1S/C34H44Cl2N14O9/c1-3-37-28(55)22-18(51)20(53)30(58-22)49-12-39-16-24(43-32(35)45-26(16)49)41-14-5-8-47(9-6-14)34(57)48-10-7-15(11-48)42-25-17-27(46-33(36)44-25)50(13-40-17)31-21(54)19(52)23(59-31)29(56)38-4-2/h12-15,18-23,30-31,51-54H,3-11H2,1-2H3,(H,37,55)(H,38,56)(H,41,43,45)(H,42,44,46)/t15-,18+,19+,20-,21-,22+,23+,30-,31-/m1/s1. The second-order valence-corrected chi connectivity index (χ2v) is 15.4. The number of urea groups is 1. The number of nitrogens with zero attached hydrogens (tertiary/aromatic N) is 10. The lowest BCUT2D eigenvalue weighted by Gasteiger charge is -2.35. The molecule has 0 unspecified atom stereocenters. The van der Waals surface area contributed by atoms with E-state index in [9.17, 15) is 34.8 Å². The number of halogens is 2. The number of rotatable bonds is 10. The van der Waals surface area contributed by atoms with Crippen LogP contribution in [0.2, 0.25) is 10.6 Å². The Kier molecular flexibility index (Phi) is 11.6. The Balaban J connectivity index is 0.876. The topological polar surface area (TPSA) is 292 Å². The van der Waals surface area contributed by atoms with Crippen LogP contribution in [-0.2, 0) is 19.1 Å². The third kappa shape index (κ3) is 7.76. The van der Waals surface area contributed by atoms with Crippen LogP contribution in [0.5, 0.6) is 0 Å². The van der Waals surface area contributed by atoms with E-state index in [1.54, 1.807) is 23.6 Å². The summed E-state index contributed by atoms with van der Waals surface area (Å²) in [4.78, 5) is 68.2. The number of aromatic nitrogens is 8. The van der Waals surface area contributed by atoms with Crippen molar-refractivity contribution < 1.29 is 44.3 Å². The van der Waals surface area contributed by atoms with Crippen molar-refractivity contribution in [3.63, 3.8) is 0 Å². The molecule has 4 fully saturated rings. The van der Waals surface area contributed by atoms with E-state index in [0.29, 0.717) is 81.2 Å². The number of fused-ring (bicyclic) bond motifs is 2. The van der Waals surface area contributed by atoms with Gasteiger partial charge in [0.15, 0.2) is 58.6 Å². The molecule has 4 aromatic heterocycles. The zero-order chi connectivity index (χ0) is 41.7. The van der Waals surface area contributed by atoms with Crippen molar-refractivity contribution in [1.82, 2.24) is 59.5 Å². The monoisotopic (exact) mass is 862 g/mol. The number of carbonyl (C=O) groups is 3. The molecule has 0 spiro atoms. The van der Waals surface area contributed by atoms with E-state index in [4.69, 9.17) is 32.7 Å². The lowest BCUT2D eigenvalue weighted by Crippen LogP contribution is -2.48. The van der Waals surface area contributed by atoms with Gasteiger partial charge in [0.1, 0.15) is 24.4 Å². The summed E-state index contributed by atoms with van der Waals surface area (Å²) < 4.78 is 14.3. The number of ether oxygens (including phenoxy) is 2. The number of imidazole rings is 2. The highest BCUT2D eigenvalue weighted by Crippen LogP contribution is 2.35. The first kappa shape index (κ1) is 41.0. The van der Waals surface area contributed by atoms with Crippen LogP contribution in [-0.4, -0.2) is 175 Å². The highest BCUT2D eigenvalue weighted by molar-refractivity contribution is 6.29. The highest BCUT2D eigenvalue weighted by Gasteiger charge is 2.49. The number of amides is 4. The molecule has 318 valence electrons. The Bertz CT molecular complexity index is 2220. The quantitative estimate of drug-likeness (QED) is 0.0884. The molecular formula is C34H44Cl2N14O9. The van der Waals surface area contributed by atoms with Gasteiger partial charge in [-0.2, -0.15) is 19.9 Å². The molecule has 9 atom stereocenters. The number of nitrogens with one attached hydrogen (secondary N) is 4. The normalized spacial score (nSPS) is 28.8. The van der Waals surface area contributed by atoms with Gasteiger partial charge in [-0.1, -0.05) is 0 Å². The number of piperidine rings is 1. The van der Waals surface area contributed by atoms with Crippen molar-refractivity contribution in [3.05, 3.63) is 23.2 Å². The molecule has 0 aliphatic carbocycles. The van der Waals surface area contributed by atoms with E-state index in [0.717, 1.165) is 0 Å². The first-order chi connectivity index (χ1) is 28.4. The second-order valence-electron chi connectivity index (χ2n) is 14.7. The molecule has 4 saturated heterocycles. The fourth-order valence-corrected chi connectivity index (χ4v) is 8.30. The first-order valence-corrected chi connectivity index (χ1v) is 20.1. The van der Waals surface area contributed by atoms with E-state index in [1.807, 2.05) is 0 Å². The number of aliphatic hydroxyl groups excluding tert-OH is 4. The lowest BCUT2D eigenvalue weighted by molar-refractivity contribution is -0.138. The van der Waals surface area contributed by atoms with Gasteiger partial charge < -0.3 is 61.0 Å². The summed E-state index contributed by atoms with van der Waals surface area (Å²) in [6.07, 6.45) is -6.22. The maximum Gasteiger partial charge on any atom is 0.320 e.